The van der Waals surface area contributed by atoms with Gasteiger partial charge < -0.3 is 9.84 Å². The summed E-state index contributed by atoms with van der Waals surface area (Å²) in [5.74, 6) is -2.04. The van der Waals surface area contributed by atoms with Gasteiger partial charge in [-0.15, -0.1) is 0 Å². The lowest BCUT2D eigenvalue weighted by Gasteiger charge is -2.10. The molecule has 0 fully saturated rings. The van der Waals surface area contributed by atoms with Gasteiger partial charge in [-0.3, -0.25) is 9.59 Å². The average molecular weight is 250 g/mol. The molecule has 1 rings (SSSR count). The Kier molecular flexibility index (Phi) is 5.91. The van der Waals surface area contributed by atoms with Crippen LogP contribution in [0, 0.1) is 5.92 Å². The van der Waals surface area contributed by atoms with Crippen molar-refractivity contribution in [1.29, 1.82) is 0 Å². The average Bonchev–Trinajstić information content (AvgIpc) is 2.37. The van der Waals surface area contributed by atoms with Gasteiger partial charge in [-0.2, -0.15) is 0 Å². The lowest BCUT2D eigenvalue weighted by atomic mass is 10.0. The van der Waals surface area contributed by atoms with E-state index >= 15 is 0 Å². The van der Waals surface area contributed by atoms with Gasteiger partial charge in [0, 0.05) is 0 Å². The van der Waals surface area contributed by atoms with E-state index < -0.39 is 17.9 Å². The van der Waals surface area contributed by atoms with Crippen molar-refractivity contribution in [2.24, 2.45) is 5.92 Å². The first kappa shape index (κ1) is 14.2. The second-order valence-corrected chi connectivity index (χ2v) is 4.17. The highest BCUT2D eigenvalue weighted by molar-refractivity contribution is 5.78. The maximum absolute atomic E-state index is 11.5. The summed E-state index contributed by atoms with van der Waals surface area (Å²) in [5, 5.41) is 8.93. The minimum atomic E-state index is -0.937. The molecule has 0 aliphatic heterocycles. The Morgan fingerprint density at radius 1 is 1.28 bits per heavy atom. The Morgan fingerprint density at radius 2 is 1.94 bits per heavy atom. The van der Waals surface area contributed by atoms with Crippen molar-refractivity contribution in [2.45, 2.75) is 32.8 Å². The van der Waals surface area contributed by atoms with Gasteiger partial charge in [0.1, 0.15) is 6.61 Å². The van der Waals surface area contributed by atoms with Crippen molar-refractivity contribution >= 4 is 11.9 Å². The number of ether oxygens (including phenoxy) is 1. The first-order valence-electron chi connectivity index (χ1n) is 6.05. The summed E-state index contributed by atoms with van der Waals surface area (Å²) in [6, 6.07) is 9.32. The number of carboxylic acids is 1. The Labute approximate surface area is 107 Å². The van der Waals surface area contributed by atoms with Crippen molar-refractivity contribution in [3.63, 3.8) is 0 Å². The van der Waals surface area contributed by atoms with Crippen LogP contribution in [0.1, 0.15) is 31.7 Å². The molecule has 0 aliphatic rings. The number of hydrogen-bond donors (Lipinski definition) is 1. The monoisotopic (exact) mass is 250 g/mol. The van der Waals surface area contributed by atoms with Gasteiger partial charge in [-0.1, -0.05) is 43.7 Å². The van der Waals surface area contributed by atoms with Crippen molar-refractivity contribution in [2.75, 3.05) is 0 Å². The molecule has 98 valence electrons. The molecule has 0 unspecified atom stereocenters. The molecular formula is C14H18O4. The van der Waals surface area contributed by atoms with Crippen LogP contribution < -0.4 is 0 Å². The molecule has 0 aromatic heterocycles. The van der Waals surface area contributed by atoms with E-state index in [0.29, 0.717) is 6.42 Å². The SMILES string of the molecule is CCC[C@H](CC(=O)OCc1ccccc1)C(=O)O. The summed E-state index contributed by atoms with van der Waals surface area (Å²) in [6.45, 7) is 2.09. The van der Waals surface area contributed by atoms with Crippen LogP contribution in [0.25, 0.3) is 0 Å². The Morgan fingerprint density at radius 3 is 2.50 bits per heavy atom. The van der Waals surface area contributed by atoms with Crippen LogP contribution in [-0.4, -0.2) is 17.0 Å². The number of carbonyl (C=O) groups excluding carboxylic acids is 1. The zero-order valence-electron chi connectivity index (χ0n) is 10.5. The summed E-state index contributed by atoms with van der Waals surface area (Å²) in [5.41, 5.74) is 0.896. The zero-order valence-corrected chi connectivity index (χ0v) is 10.5. The molecule has 1 aromatic rings. The summed E-state index contributed by atoms with van der Waals surface area (Å²) in [7, 11) is 0. The number of carboxylic acid groups (broad SMARTS) is 1. The molecule has 4 nitrogen and oxygen atoms in total. The third kappa shape index (κ3) is 4.99. The standard InChI is InChI=1S/C14H18O4/c1-2-6-12(14(16)17)9-13(15)18-10-11-7-4-3-5-8-11/h3-5,7-8,12H,2,6,9-10H2,1H3,(H,16,17)/t12-/m1/s1. The number of rotatable bonds is 7. The molecule has 0 saturated carbocycles. The van der Waals surface area contributed by atoms with E-state index in [1.165, 1.54) is 0 Å². The highest BCUT2D eigenvalue weighted by atomic mass is 16.5. The van der Waals surface area contributed by atoms with Crippen LogP contribution in [0.5, 0.6) is 0 Å². The first-order valence-corrected chi connectivity index (χ1v) is 6.05. The molecule has 1 atom stereocenters. The zero-order chi connectivity index (χ0) is 13.4. The molecule has 0 saturated heterocycles. The van der Waals surface area contributed by atoms with E-state index in [1.807, 2.05) is 37.3 Å². The Hall–Kier alpha value is -1.84. The molecule has 0 spiro atoms. The van der Waals surface area contributed by atoms with Gasteiger partial charge >= 0.3 is 11.9 Å². The number of esters is 1. The molecule has 4 heteroatoms. The van der Waals surface area contributed by atoms with Crippen LogP contribution in [-0.2, 0) is 20.9 Å². The molecule has 18 heavy (non-hydrogen) atoms. The van der Waals surface area contributed by atoms with Crippen molar-refractivity contribution in [1.82, 2.24) is 0 Å². The smallest absolute Gasteiger partial charge is 0.307 e. The second-order valence-electron chi connectivity index (χ2n) is 4.17. The van der Waals surface area contributed by atoms with Gasteiger partial charge in [0.15, 0.2) is 0 Å². The van der Waals surface area contributed by atoms with Crippen LogP contribution in [0.2, 0.25) is 0 Å². The first-order chi connectivity index (χ1) is 8.63. The Bertz CT molecular complexity index is 386. The van der Waals surface area contributed by atoms with Crippen molar-refractivity contribution in [3.05, 3.63) is 35.9 Å². The van der Waals surface area contributed by atoms with E-state index in [9.17, 15) is 9.59 Å². The van der Waals surface area contributed by atoms with E-state index in [-0.39, 0.29) is 13.0 Å². The maximum Gasteiger partial charge on any atom is 0.307 e. The summed E-state index contributed by atoms with van der Waals surface area (Å²) in [6.07, 6.45) is 1.18. The predicted molar refractivity (Wildman–Crippen MR) is 66.9 cm³/mol. The fraction of sp³-hybridized carbons (Fsp3) is 0.429. The lowest BCUT2D eigenvalue weighted by molar-refractivity contribution is -0.152. The molecule has 1 aromatic carbocycles. The molecule has 0 radical (unpaired) electrons. The lowest BCUT2D eigenvalue weighted by Crippen LogP contribution is -2.19. The van der Waals surface area contributed by atoms with E-state index in [1.54, 1.807) is 0 Å². The molecule has 0 aliphatic carbocycles. The third-order valence-electron chi connectivity index (χ3n) is 2.64. The van der Waals surface area contributed by atoms with E-state index in [0.717, 1.165) is 12.0 Å². The minimum absolute atomic E-state index is 0.0595. The van der Waals surface area contributed by atoms with E-state index in [2.05, 4.69) is 0 Å². The summed E-state index contributed by atoms with van der Waals surface area (Å²) in [4.78, 5) is 22.4. The largest absolute Gasteiger partial charge is 0.481 e. The van der Waals surface area contributed by atoms with Crippen molar-refractivity contribution < 1.29 is 19.4 Å². The van der Waals surface area contributed by atoms with Crippen LogP contribution >= 0.6 is 0 Å². The quantitative estimate of drug-likeness (QED) is 0.755. The van der Waals surface area contributed by atoms with Gasteiger partial charge in [0.05, 0.1) is 12.3 Å². The molecular weight excluding hydrogens is 232 g/mol. The van der Waals surface area contributed by atoms with Crippen molar-refractivity contribution in [3.8, 4) is 0 Å². The fourth-order valence-electron chi connectivity index (χ4n) is 1.66. The molecule has 0 bridgehead atoms. The van der Waals surface area contributed by atoms with Crippen LogP contribution in [0.3, 0.4) is 0 Å². The van der Waals surface area contributed by atoms with Crippen LogP contribution in [0.15, 0.2) is 30.3 Å². The van der Waals surface area contributed by atoms with Gasteiger partial charge in [0.2, 0.25) is 0 Å². The number of carbonyl (C=O) groups is 2. The van der Waals surface area contributed by atoms with Gasteiger partial charge in [-0.25, -0.2) is 0 Å². The fourth-order valence-corrected chi connectivity index (χ4v) is 1.66. The molecule has 1 N–H and O–H groups in total. The topological polar surface area (TPSA) is 63.6 Å². The van der Waals surface area contributed by atoms with Gasteiger partial charge in [0.25, 0.3) is 0 Å². The molecule has 0 amide bonds. The Balaban J connectivity index is 2.39. The second kappa shape index (κ2) is 7.48. The van der Waals surface area contributed by atoms with E-state index in [4.69, 9.17) is 9.84 Å². The molecule has 0 heterocycles. The van der Waals surface area contributed by atoms with Gasteiger partial charge in [-0.05, 0) is 12.0 Å². The highest BCUT2D eigenvalue weighted by Crippen LogP contribution is 2.13. The minimum Gasteiger partial charge on any atom is -0.481 e. The number of hydrogen-bond acceptors (Lipinski definition) is 3. The summed E-state index contributed by atoms with van der Waals surface area (Å²) < 4.78 is 5.05. The normalized spacial score (nSPS) is 11.8. The van der Waals surface area contributed by atoms with Crippen LogP contribution in [0.4, 0.5) is 0 Å². The summed E-state index contributed by atoms with van der Waals surface area (Å²) >= 11 is 0. The maximum atomic E-state index is 11.5. The predicted octanol–water partition coefficient (Wildman–Crippen LogP) is 2.62. The third-order valence-corrected chi connectivity index (χ3v) is 2.64. The number of aliphatic carboxylic acids is 1. The number of benzene rings is 1. The highest BCUT2D eigenvalue weighted by Gasteiger charge is 2.21.